The summed E-state index contributed by atoms with van der Waals surface area (Å²) in [6, 6.07) is 10.4. The number of nitrogens with zero attached hydrogens (tertiary/aromatic N) is 2. The highest BCUT2D eigenvalue weighted by Gasteiger charge is 2.26. The molecule has 0 aliphatic carbocycles. The molecular formula is C19H18ClN3. The van der Waals surface area contributed by atoms with Crippen molar-refractivity contribution in [1.82, 2.24) is 5.32 Å². The molecule has 3 nitrogen and oxygen atoms in total. The minimum atomic E-state index is -0.416. The lowest BCUT2D eigenvalue weighted by Gasteiger charge is -2.24. The van der Waals surface area contributed by atoms with E-state index in [4.69, 9.17) is 11.6 Å². The van der Waals surface area contributed by atoms with Gasteiger partial charge in [-0.3, -0.25) is 0 Å². The molecule has 0 atom stereocenters. The Hall–Kier alpha value is -2.49. The predicted octanol–water partition coefficient (Wildman–Crippen LogP) is 4.70. The van der Waals surface area contributed by atoms with Crippen molar-refractivity contribution in [3.8, 4) is 12.1 Å². The Morgan fingerprint density at radius 3 is 2.09 bits per heavy atom. The Balaban J connectivity index is 2.53. The maximum Gasteiger partial charge on any atom is 0.0975 e. The van der Waals surface area contributed by atoms with Crippen LogP contribution in [0.25, 0.3) is 5.03 Å². The molecule has 0 spiro atoms. The van der Waals surface area contributed by atoms with Gasteiger partial charge in [0.2, 0.25) is 0 Å². The molecule has 23 heavy (non-hydrogen) atoms. The molecular weight excluding hydrogens is 306 g/mol. The number of allylic oxidation sites excluding steroid dienone is 5. The minimum absolute atomic E-state index is 0.416. The quantitative estimate of drug-likeness (QED) is 0.858. The van der Waals surface area contributed by atoms with Crippen LogP contribution >= 0.6 is 11.6 Å². The second-order valence-electron chi connectivity index (χ2n) is 5.72. The first-order valence-electron chi connectivity index (χ1n) is 7.32. The van der Waals surface area contributed by atoms with E-state index in [1.165, 1.54) is 5.56 Å². The Labute approximate surface area is 142 Å². The Bertz CT molecular complexity index is 793. The zero-order chi connectivity index (χ0) is 17.1. The second kappa shape index (κ2) is 6.73. The molecule has 0 saturated carbocycles. The maximum absolute atomic E-state index is 9.44. The van der Waals surface area contributed by atoms with Crippen molar-refractivity contribution in [2.45, 2.75) is 27.7 Å². The average Bonchev–Trinajstić information content (AvgIpc) is 2.50. The zero-order valence-corrected chi connectivity index (χ0v) is 14.4. The van der Waals surface area contributed by atoms with Gasteiger partial charge in [-0.15, -0.1) is 0 Å². The molecule has 2 rings (SSSR count). The summed E-state index contributed by atoms with van der Waals surface area (Å²) in [6.45, 7) is 7.74. The Morgan fingerprint density at radius 2 is 1.61 bits per heavy atom. The van der Waals surface area contributed by atoms with Crippen LogP contribution in [0.2, 0.25) is 0 Å². The monoisotopic (exact) mass is 323 g/mol. The number of hydrogen-bond acceptors (Lipinski definition) is 3. The first-order chi connectivity index (χ1) is 10.9. The number of hydrogen-bond donors (Lipinski definition) is 1. The fourth-order valence-electron chi connectivity index (χ4n) is 2.63. The molecule has 0 amide bonds. The summed E-state index contributed by atoms with van der Waals surface area (Å²) in [4.78, 5) is 0. The lowest BCUT2D eigenvalue weighted by molar-refractivity contribution is 0.799. The summed E-state index contributed by atoms with van der Waals surface area (Å²) in [5, 5.41) is 22.5. The number of nitrogens with one attached hydrogen (secondary N) is 1. The van der Waals surface area contributed by atoms with E-state index in [0.717, 1.165) is 22.5 Å². The van der Waals surface area contributed by atoms with Crippen molar-refractivity contribution in [2.75, 3.05) is 0 Å². The van der Waals surface area contributed by atoms with Crippen molar-refractivity contribution in [3.05, 3.63) is 63.5 Å². The summed E-state index contributed by atoms with van der Waals surface area (Å²) in [5.74, 6) is -0.416. The van der Waals surface area contributed by atoms with E-state index in [2.05, 4.69) is 17.5 Å². The smallest absolute Gasteiger partial charge is 0.0975 e. The van der Waals surface area contributed by atoms with Crippen LogP contribution in [0, 0.1) is 42.4 Å². The highest BCUT2D eigenvalue weighted by molar-refractivity contribution is 6.48. The van der Waals surface area contributed by atoms with E-state index in [1.54, 1.807) is 6.08 Å². The maximum atomic E-state index is 9.44. The Morgan fingerprint density at radius 1 is 1.04 bits per heavy atom. The second-order valence-corrected chi connectivity index (χ2v) is 6.12. The molecule has 1 aliphatic heterocycles. The van der Waals surface area contributed by atoms with Crippen LogP contribution in [-0.4, -0.2) is 0 Å². The molecule has 1 N–H and O–H groups in total. The normalized spacial score (nSPS) is 16.0. The van der Waals surface area contributed by atoms with Gasteiger partial charge in [-0.05, 0) is 44.4 Å². The van der Waals surface area contributed by atoms with Crippen LogP contribution in [-0.2, 0) is 0 Å². The van der Waals surface area contributed by atoms with Gasteiger partial charge in [-0.25, -0.2) is 0 Å². The van der Waals surface area contributed by atoms with E-state index in [0.29, 0.717) is 16.2 Å². The number of dihydropyridines is 1. The van der Waals surface area contributed by atoms with Crippen LogP contribution < -0.4 is 5.32 Å². The summed E-state index contributed by atoms with van der Waals surface area (Å²) in [6.07, 6.45) is 1.79. The van der Waals surface area contributed by atoms with Crippen molar-refractivity contribution in [3.63, 3.8) is 0 Å². The van der Waals surface area contributed by atoms with Gasteiger partial charge < -0.3 is 5.32 Å². The topological polar surface area (TPSA) is 59.6 Å². The summed E-state index contributed by atoms with van der Waals surface area (Å²) >= 11 is 6.48. The molecule has 4 heteroatoms. The van der Waals surface area contributed by atoms with Crippen LogP contribution in [0.15, 0.2) is 46.8 Å². The molecule has 1 aliphatic rings. The minimum Gasteiger partial charge on any atom is -0.361 e. The van der Waals surface area contributed by atoms with E-state index in [9.17, 15) is 10.5 Å². The molecule has 0 saturated heterocycles. The van der Waals surface area contributed by atoms with E-state index in [1.807, 2.05) is 45.9 Å². The largest absolute Gasteiger partial charge is 0.361 e. The van der Waals surface area contributed by atoms with Crippen molar-refractivity contribution >= 4 is 16.6 Å². The van der Waals surface area contributed by atoms with E-state index < -0.39 is 5.92 Å². The predicted molar refractivity (Wildman–Crippen MR) is 93.0 cm³/mol. The standard InChI is InChI=1S/C19H18ClN3/c1-11-5-6-15(7-12(11)2)19(20)8-16-17(9-21)13(3)23-14(4)18(16)10-22/h5-8,16,23H,1-4H3/b19-8+. The van der Waals surface area contributed by atoms with Gasteiger partial charge in [0.25, 0.3) is 0 Å². The third-order valence-electron chi connectivity index (χ3n) is 4.14. The number of aryl methyl sites for hydroxylation is 2. The van der Waals surface area contributed by atoms with Gasteiger partial charge in [-0.1, -0.05) is 35.9 Å². The number of halogens is 1. The molecule has 0 radical (unpaired) electrons. The zero-order valence-electron chi connectivity index (χ0n) is 13.7. The molecule has 1 aromatic carbocycles. The number of rotatable bonds is 2. The molecule has 0 fully saturated rings. The summed E-state index contributed by atoms with van der Waals surface area (Å²) in [5.41, 5.74) is 5.80. The van der Waals surface area contributed by atoms with Crippen molar-refractivity contribution < 1.29 is 0 Å². The van der Waals surface area contributed by atoms with Gasteiger partial charge in [0.15, 0.2) is 0 Å². The lowest BCUT2D eigenvalue weighted by Crippen LogP contribution is -2.23. The van der Waals surface area contributed by atoms with Crippen LogP contribution in [0.3, 0.4) is 0 Å². The molecule has 1 heterocycles. The summed E-state index contributed by atoms with van der Waals surface area (Å²) in [7, 11) is 0. The highest BCUT2D eigenvalue weighted by Crippen LogP contribution is 2.33. The van der Waals surface area contributed by atoms with Crippen molar-refractivity contribution in [1.29, 1.82) is 10.5 Å². The van der Waals surface area contributed by atoms with Gasteiger partial charge in [-0.2, -0.15) is 10.5 Å². The van der Waals surface area contributed by atoms with E-state index >= 15 is 0 Å². The number of benzene rings is 1. The molecule has 0 unspecified atom stereocenters. The molecule has 0 bridgehead atoms. The highest BCUT2D eigenvalue weighted by atomic mass is 35.5. The Kier molecular flexibility index (Phi) is 4.94. The SMILES string of the molecule is CC1=C(C#N)C(/C=C(/Cl)c2ccc(C)c(C)c2)C(C#N)=C(C)N1. The third kappa shape index (κ3) is 3.31. The number of nitriles is 2. The first kappa shape index (κ1) is 16.9. The molecule has 1 aromatic rings. The van der Waals surface area contributed by atoms with Gasteiger partial charge in [0, 0.05) is 16.4 Å². The van der Waals surface area contributed by atoms with Crippen LogP contribution in [0.1, 0.15) is 30.5 Å². The van der Waals surface area contributed by atoms with Crippen LogP contribution in [0.4, 0.5) is 0 Å². The average molecular weight is 324 g/mol. The van der Waals surface area contributed by atoms with Crippen LogP contribution in [0.5, 0.6) is 0 Å². The fraction of sp³-hybridized carbons (Fsp3) is 0.263. The van der Waals surface area contributed by atoms with Gasteiger partial charge in [0.1, 0.15) is 0 Å². The first-order valence-corrected chi connectivity index (χ1v) is 7.70. The molecule has 0 aromatic heterocycles. The summed E-state index contributed by atoms with van der Waals surface area (Å²) < 4.78 is 0. The third-order valence-corrected chi connectivity index (χ3v) is 4.49. The fourth-order valence-corrected chi connectivity index (χ4v) is 2.88. The van der Waals surface area contributed by atoms with Gasteiger partial charge >= 0.3 is 0 Å². The molecule has 116 valence electrons. The lowest BCUT2D eigenvalue weighted by atomic mass is 9.86. The van der Waals surface area contributed by atoms with Crippen molar-refractivity contribution in [2.24, 2.45) is 5.92 Å². The van der Waals surface area contributed by atoms with E-state index in [-0.39, 0.29) is 0 Å². The van der Waals surface area contributed by atoms with Gasteiger partial charge in [0.05, 0.1) is 29.2 Å².